The van der Waals surface area contributed by atoms with Crippen LogP contribution in [0.2, 0.25) is 0 Å². The molecule has 5 nitrogen and oxygen atoms in total. The summed E-state index contributed by atoms with van der Waals surface area (Å²) in [5.74, 6) is 0.0329. The summed E-state index contributed by atoms with van der Waals surface area (Å²) in [5.41, 5.74) is 1.75. The fourth-order valence-electron chi connectivity index (χ4n) is 4.79. The number of hydrogen-bond donors (Lipinski definition) is 0. The maximum Gasteiger partial charge on any atom is 0.274 e. The zero-order chi connectivity index (χ0) is 18.6. The van der Waals surface area contributed by atoms with Crippen molar-refractivity contribution in [1.29, 1.82) is 0 Å². The molecule has 0 N–H and O–H groups in total. The van der Waals surface area contributed by atoms with Gasteiger partial charge in [0, 0.05) is 30.5 Å². The first-order valence-electron chi connectivity index (χ1n) is 10.1. The van der Waals surface area contributed by atoms with Crippen molar-refractivity contribution in [2.45, 2.75) is 56.7 Å². The predicted molar refractivity (Wildman–Crippen MR) is 105 cm³/mol. The van der Waals surface area contributed by atoms with Crippen LogP contribution in [0.1, 0.15) is 48.2 Å². The molecular weight excluding hydrogens is 336 g/mol. The molecule has 2 aromatic rings. The van der Waals surface area contributed by atoms with Crippen molar-refractivity contribution < 1.29 is 4.79 Å². The lowest BCUT2D eigenvalue weighted by molar-refractivity contribution is 0.0598. The molecule has 0 radical (unpaired) electrons. The highest BCUT2D eigenvalue weighted by Gasteiger charge is 2.45. The molecule has 0 aliphatic carbocycles. The van der Waals surface area contributed by atoms with E-state index in [-0.39, 0.29) is 18.0 Å². The average molecular weight is 364 g/mol. The van der Waals surface area contributed by atoms with Gasteiger partial charge >= 0.3 is 0 Å². The Bertz CT molecular complexity index is 751. The second kappa shape index (κ2) is 8.17. The number of likely N-dealkylation sites (tertiary alicyclic amines) is 2. The van der Waals surface area contributed by atoms with E-state index in [4.69, 9.17) is 0 Å². The van der Waals surface area contributed by atoms with Crippen LogP contribution in [0, 0.1) is 0 Å². The van der Waals surface area contributed by atoms with Gasteiger partial charge in [0.2, 0.25) is 0 Å². The Kier molecular flexibility index (Phi) is 5.48. The van der Waals surface area contributed by atoms with Gasteiger partial charge in [-0.15, -0.1) is 0 Å². The van der Waals surface area contributed by atoms with Gasteiger partial charge in [0.15, 0.2) is 0 Å². The maximum atomic E-state index is 13.4. The number of rotatable bonds is 3. The lowest BCUT2D eigenvalue weighted by Gasteiger charge is -2.36. The Balaban J connectivity index is 1.65. The largest absolute Gasteiger partial charge is 0.329 e. The Morgan fingerprint density at radius 3 is 2.74 bits per heavy atom. The van der Waals surface area contributed by atoms with E-state index in [1.807, 2.05) is 6.07 Å². The van der Waals surface area contributed by atoms with Gasteiger partial charge in [-0.05, 0) is 44.8 Å². The van der Waals surface area contributed by atoms with Crippen molar-refractivity contribution in [3.05, 3.63) is 60.2 Å². The summed E-state index contributed by atoms with van der Waals surface area (Å²) >= 11 is 0. The fourth-order valence-corrected chi connectivity index (χ4v) is 4.79. The molecule has 5 heteroatoms. The Morgan fingerprint density at radius 2 is 1.96 bits per heavy atom. The number of aromatic nitrogens is 2. The van der Waals surface area contributed by atoms with Crippen LogP contribution in [-0.4, -0.2) is 57.4 Å². The summed E-state index contributed by atoms with van der Waals surface area (Å²) in [7, 11) is 2.22. The maximum absolute atomic E-state index is 13.4. The topological polar surface area (TPSA) is 49.3 Å². The minimum absolute atomic E-state index is 0.0329. The number of carbonyl (C=O) groups excluding carboxylic acids is 1. The zero-order valence-corrected chi connectivity index (χ0v) is 16.0. The van der Waals surface area contributed by atoms with Gasteiger partial charge in [-0.25, -0.2) is 4.98 Å². The molecule has 2 aliphatic rings. The molecule has 1 aromatic carbocycles. The first kappa shape index (κ1) is 18.1. The molecule has 27 heavy (non-hydrogen) atoms. The van der Waals surface area contributed by atoms with E-state index < -0.39 is 0 Å². The summed E-state index contributed by atoms with van der Waals surface area (Å²) in [6.07, 6.45) is 11.5. The SMILES string of the molecule is CN1CCCCC[C@@H]2[C@@H]1C[C@@H](Cc1ccccc1)N2C(=O)c1cnccn1. The van der Waals surface area contributed by atoms with Gasteiger partial charge in [-0.3, -0.25) is 9.78 Å². The second-order valence-electron chi connectivity index (χ2n) is 7.85. The zero-order valence-electron chi connectivity index (χ0n) is 16.0. The number of carbonyl (C=O) groups is 1. The molecule has 2 fully saturated rings. The smallest absolute Gasteiger partial charge is 0.274 e. The van der Waals surface area contributed by atoms with E-state index in [9.17, 15) is 4.79 Å². The van der Waals surface area contributed by atoms with Crippen LogP contribution in [0.15, 0.2) is 48.9 Å². The van der Waals surface area contributed by atoms with Gasteiger partial charge in [0.25, 0.3) is 5.91 Å². The first-order chi connectivity index (χ1) is 13.2. The van der Waals surface area contributed by atoms with E-state index in [2.05, 4.69) is 51.1 Å². The molecule has 4 rings (SSSR count). The summed E-state index contributed by atoms with van der Waals surface area (Å²) in [6, 6.07) is 11.4. The molecule has 1 aromatic heterocycles. The van der Waals surface area contributed by atoms with Crippen LogP contribution in [0.5, 0.6) is 0 Å². The fraction of sp³-hybridized carbons (Fsp3) is 0.500. The standard InChI is InChI=1S/C22H28N4O/c1-25-13-7-3-6-10-20-21(25)15-18(14-17-8-4-2-5-9-17)26(20)22(27)19-16-23-11-12-24-19/h2,4-5,8-9,11-12,16,18,20-21H,3,6-7,10,13-15H2,1H3/t18-,20-,21+/m1/s1. The van der Waals surface area contributed by atoms with Gasteiger partial charge in [-0.2, -0.15) is 0 Å². The molecule has 0 unspecified atom stereocenters. The Labute approximate surface area is 161 Å². The first-order valence-corrected chi connectivity index (χ1v) is 10.1. The van der Waals surface area contributed by atoms with E-state index in [1.54, 1.807) is 18.6 Å². The van der Waals surface area contributed by atoms with Crippen molar-refractivity contribution >= 4 is 5.91 Å². The number of fused-ring (bicyclic) bond motifs is 1. The minimum Gasteiger partial charge on any atom is -0.329 e. The Hall–Kier alpha value is -2.27. The molecule has 3 heterocycles. The summed E-state index contributed by atoms with van der Waals surface area (Å²) in [5, 5.41) is 0. The number of benzene rings is 1. The van der Waals surface area contributed by atoms with Gasteiger partial charge in [0.1, 0.15) is 5.69 Å². The lowest BCUT2D eigenvalue weighted by Crippen LogP contribution is -2.48. The summed E-state index contributed by atoms with van der Waals surface area (Å²) < 4.78 is 0. The molecule has 2 aliphatic heterocycles. The number of amides is 1. The molecule has 3 atom stereocenters. The van der Waals surface area contributed by atoms with E-state index in [0.29, 0.717) is 11.7 Å². The van der Waals surface area contributed by atoms with Crippen LogP contribution >= 0.6 is 0 Å². The summed E-state index contributed by atoms with van der Waals surface area (Å²) in [4.78, 5) is 26.4. The second-order valence-corrected chi connectivity index (χ2v) is 7.85. The van der Waals surface area contributed by atoms with Gasteiger partial charge in [0.05, 0.1) is 6.20 Å². The van der Waals surface area contributed by atoms with Gasteiger partial charge < -0.3 is 9.80 Å². The number of hydrogen-bond acceptors (Lipinski definition) is 4. The highest BCUT2D eigenvalue weighted by molar-refractivity contribution is 5.92. The molecule has 0 saturated carbocycles. The molecule has 0 bridgehead atoms. The van der Waals surface area contributed by atoms with Crippen LogP contribution < -0.4 is 0 Å². The molecular formula is C22H28N4O. The van der Waals surface area contributed by atoms with Crippen LogP contribution in [-0.2, 0) is 6.42 Å². The number of nitrogens with zero attached hydrogens (tertiary/aromatic N) is 4. The molecule has 2 saturated heterocycles. The van der Waals surface area contributed by atoms with Gasteiger partial charge in [-0.1, -0.05) is 43.2 Å². The third-order valence-corrected chi connectivity index (χ3v) is 6.12. The molecule has 0 spiro atoms. The quantitative estimate of drug-likeness (QED) is 0.839. The third-order valence-electron chi connectivity index (χ3n) is 6.12. The van der Waals surface area contributed by atoms with Crippen LogP contribution in [0.3, 0.4) is 0 Å². The van der Waals surface area contributed by atoms with E-state index in [1.165, 1.54) is 24.8 Å². The van der Waals surface area contributed by atoms with Crippen molar-refractivity contribution in [2.75, 3.05) is 13.6 Å². The predicted octanol–water partition coefficient (Wildman–Crippen LogP) is 3.18. The van der Waals surface area contributed by atoms with Crippen LogP contribution in [0.4, 0.5) is 0 Å². The highest BCUT2D eigenvalue weighted by Crippen LogP contribution is 2.35. The van der Waals surface area contributed by atoms with Crippen molar-refractivity contribution in [1.82, 2.24) is 19.8 Å². The third kappa shape index (κ3) is 3.88. The lowest BCUT2D eigenvalue weighted by atomic mass is 9.96. The highest BCUT2D eigenvalue weighted by atomic mass is 16.2. The Morgan fingerprint density at radius 1 is 1.11 bits per heavy atom. The van der Waals surface area contributed by atoms with Crippen molar-refractivity contribution in [2.24, 2.45) is 0 Å². The molecule has 1 amide bonds. The van der Waals surface area contributed by atoms with Crippen LogP contribution in [0.25, 0.3) is 0 Å². The minimum atomic E-state index is 0.0329. The van der Waals surface area contributed by atoms with E-state index in [0.717, 1.165) is 25.8 Å². The van der Waals surface area contributed by atoms with E-state index >= 15 is 0 Å². The monoisotopic (exact) mass is 364 g/mol. The number of likely N-dealkylation sites (N-methyl/N-ethyl adjacent to an activating group) is 1. The van der Waals surface area contributed by atoms with Crippen molar-refractivity contribution in [3.63, 3.8) is 0 Å². The normalized spacial score (nSPS) is 26.3. The van der Waals surface area contributed by atoms with Crippen molar-refractivity contribution in [3.8, 4) is 0 Å². The average Bonchev–Trinajstić information content (AvgIpc) is 3.04. The molecule has 142 valence electrons. The summed E-state index contributed by atoms with van der Waals surface area (Å²) in [6.45, 7) is 1.12.